The summed E-state index contributed by atoms with van der Waals surface area (Å²) >= 11 is 0. The lowest BCUT2D eigenvalue weighted by Gasteiger charge is -2.14. The van der Waals surface area contributed by atoms with E-state index < -0.39 is 17.7 Å². The first-order valence-corrected chi connectivity index (χ1v) is 5.92. The van der Waals surface area contributed by atoms with Crippen LogP contribution in [0, 0.1) is 11.6 Å². The Morgan fingerprint density at radius 1 is 1.41 bits per heavy atom. The number of hydrogen-bond acceptors (Lipinski definition) is 2. The van der Waals surface area contributed by atoms with Gasteiger partial charge < -0.3 is 9.84 Å². The first-order valence-electron chi connectivity index (χ1n) is 5.92. The molecular weight excluding hydrogens is 226 g/mol. The summed E-state index contributed by atoms with van der Waals surface area (Å²) in [6.45, 7) is 0.759. The minimum absolute atomic E-state index is 0.0306. The van der Waals surface area contributed by atoms with Gasteiger partial charge in [-0.1, -0.05) is 12.1 Å². The van der Waals surface area contributed by atoms with Gasteiger partial charge in [0.1, 0.15) is 0 Å². The molecule has 0 spiro atoms. The number of benzene rings is 1. The van der Waals surface area contributed by atoms with Gasteiger partial charge in [0.2, 0.25) is 0 Å². The quantitative estimate of drug-likeness (QED) is 0.879. The second-order valence-corrected chi connectivity index (χ2v) is 4.37. The van der Waals surface area contributed by atoms with Crippen molar-refractivity contribution in [2.75, 3.05) is 6.61 Å². The fraction of sp³-hybridized carbons (Fsp3) is 0.538. The van der Waals surface area contributed by atoms with Gasteiger partial charge in [-0.05, 0) is 31.7 Å². The molecule has 0 aliphatic carbocycles. The van der Waals surface area contributed by atoms with Crippen LogP contribution in [0.25, 0.3) is 0 Å². The fourth-order valence-corrected chi connectivity index (χ4v) is 2.15. The Kier molecular flexibility index (Phi) is 4.07. The van der Waals surface area contributed by atoms with Gasteiger partial charge in [-0.3, -0.25) is 0 Å². The third-order valence-corrected chi connectivity index (χ3v) is 3.13. The highest BCUT2D eigenvalue weighted by molar-refractivity contribution is 5.21. The lowest BCUT2D eigenvalue weighted by atomic mass is 10.0. The smallest absolute Gasteiger partial charge is 0.164 e. The van der Waals surface area contributed by atoms with E-state index in [1.54, 1.807) is 0 Å². The highest BCUT2D eigenvalue weighted by atomic mass is 19.2. The summed E-state index contributed by atoms with van der Waals surface area (Å²) in [6, 6.07) is 3.87. The second-order valence-electron chi connectivity index (χ2n) is 4.37. The summed E-state index contributed by atoms with van der Waals surface area (Å²) in [4.78, 5) is 0. The van der Waals surface area contributed by atoms with E-state index in [2.05, 4.69) is 0 Å². The van der Waals surface area contributed by atoms with Crippen LogP contribution in [0.1, 0.15) is 37.4 Å². The van der Waals surface area contributed by atoms with Crippen molar-refractivity contribution in [3.8, 4) is 0 Å². The zero-order valence-electron chi connectivity index (χ0n) is 9.53. The maximum Gasteiger partial charge on any atom is 0.164 e. The Hall–Kier alpha value is -1.00. The lowest BCUT2D eigenvalue weighted by Crippen LogP contribution is -2.09. The number of ether oxygens (including phenoxy) is 1. The molecule has 0 saturated carbocycles. The van der Waals surface area contributed by atoms with E-state index in [-0.39, 0.29) is 11.7 Å². The van der Waals surface area contributed by atoms with E-state index in [1.807, 2.05) is 0 Å². The Bertz CT molecular complexity index is 376. The minimum Gasteiger partial charge on any atom is -0.388 e. The zero-order valence-corrected chi connectivity index (χ0v) is 9.53. The molecule has 0 amide bonds. The Morgan fingerprint density at radius 3 is 2.94 bits per heavy atom. The maximum atomic E-state index is 13.4. The highest BCUT2D eigenvalue weighted by Gasteiger charge is 2.20. The summed E-state index contributed by atoms with van der Waals surface area (Å²) in [6.07, 6.45) is 2.28. The Balaban J connectivity index is 1.94. The van der Waals surface area contributed by atoms with Crippen molar-refractivity contribution < 1.29 is 18.6 Å². The molecule has 1 fully saturated rings. The molecule has 1 N–H and O–H groups in total. The van der Waals surface area contributed by atoms with Crippen molar-refractivity contribution in [1.82, 2.24) is 0 Å². The van der Waals surface area contributed by atoms with Crippen LogP contribution in [0.4, 0.5) is 8.78 Å². The topological polar surface area (TPSA) is 29.5 Å². The van der Waals surface area contributed by atoms with Gasteiger partial charge in [-0.15, -0.1) is 0 Å². The van der Waals surface area contributed by atoms with Crippen LogP contribution in [0.3, 0.4) is 0 Å². The van der Waals surface area contributed by atoms with Gasteiger partial charge in [0, 0.05) is 12.2 Å². The first kappa shape index (κ1) is 12.5. The SMILES string of the molecule is OC(CCC1CCCO1)c1cccc(F)c1F. The summed E-state index contributed by atoms with van der Waals surface area (Å²) in [5.74, 6) is -1.87. The molecule has 2 atom stereocenters. The monoisotopic (exact) mass is 242 g/mol. The van der Waals surface area contributed by atoms with Crippen molar-refractivity contribution in [1.29, 1.82) is 0 Å². The van der Waals surface area contributed by atoms with Crippen LogP contribution < -0.4 is 0 Å². The molecule has 17 heavy (non-hydrogen) atoms. The average Bonchev–Trinajstić information content (AvgIpc) is 2.82. The molecule has 2 nitrogen and oxygen atoms in total. The molecule has 2 unspecified atom stereocenters. The average molecular weight is 242 g/mol. The third-order valence-electron chi connectivity index (χ3n) is 3.13. The van der Waals surface area contributed by atoms with Gasteiger partial charge in [0.15, 0.2) is 11.6 Å². The Morgan fingerprint density at radius 2 is 2.24 bits per heavy atom. The second kappa shape index (κ2) is 5.56. The van der Waals surface area contributed by atoms with Crippen molar-refractivity contribution in [3.63, 3.8) is 0 Å². The van der Waals surface area contributed by atoms with Gasteiger partial charge in [0.05, 0.1) is 12.2 Å². The largest absolute Gasteiger partial charge is 0.388 e. The zero-order chi connectivity index (χ0) is 12.3. The molecule has 0 radical (unpaired) electrons. The molecule has 1 aliphatic heterocycles. The molecule has 1 aromatic carbocycles. The number of rotatable bonds is 4. The van der Waals surface area contributed by atoms with Gasteiger partial charge in [0.25, 0.3) is 0 Å². The summed E-state index contributed by atoms with van der Waals surface area (Å²) in [5.41, 5.74) is 0.0306. The highest BCUT2D eigenvalue weighted by Crippen LogP contribution is 2.26. The maximum absolute atomic E-state index is 13.4. The number of aliphatic hydroxyl groups is 1. The van der Waals surface area contributed by atoms with Gasteiger partial charge in [-0.25, -0.2) is 8.78 Å². The summed E-state index contributed by atoms with van der Waals surface area (Å²) < 4.78 is 31.8. The van der Waals surface area contributed by atoms with E-state index in [0.717, 1.165) is 25.5 Å². The predicted molar refractivity (Wildman–Crippen MR) is 59.5 cm³/mol. The summed E-state index contributed by atoms with van der Waals surface area (Å²) in [5, 5.41) is 9.82. The first-order chi connectivity index (χ1) is 8.18. The van der Waals surface area contributed by atoms with Crippen molar-refractivity contribution in [2.24, 2.45) is 0 Å². The molecule has 4 heteroatoms. The van der Waals surface area contributed by atoms with Crippen LogP contribution in [0.2, 0.25) is 0 Å². The van der Waals surface area contributed by atoms with E-state index >= 15 is 0 Å². The lowest BCUT2D eigenvalue weighted by molar-refractivity contribution is 0.0801. The van der Waals surface area contributed by atoms with Crippen molar-refractivity contribution >= 4 is 0 Å². The molecule has 0 bridgehead atoms. The van der Waals surface area contributed by atoms with E-state index in [1.165, 1.54) is 12.1 Å². The molecule has 0 aromatic heterocycles. The molecule has 1 aromatic rings. The van der Waals surface area contributed by atoms with Crippen molar-refractivity contribution in [2.45, 2.75) is 37.9 Å². The standard InChI is InChI=1S/C13H16F2O2/c14-11-5-1-4-10(13(11)15)12(16)7-6-9-3-2-8-17-9/h1,4-5,9,12,16H,2-3,6-8H2. The van der Waals surface area contributed by atoms with Crippen LogP contribution >= 0.6 is 0 Å². The molecule has 1 saturated heterocycles. The Labute approximate surface area is 99.2 Å². The molecule has 2 rings (SSSR count). The van der Waals surface area contributed by atoms with E-state index in [0.29, 0.717) is 12.8 Å². The molecule has 1 aliphatic rings. The van der Waals surface area contributed by atoms with Crippen LogP contribution in [0.15, 0.2) is 18.2 Å². The molecule has 94 valence electrons. The van der Waals surface area contributed by atoms with E-state index in [4.69, 9.17) is 4.74 Å². The molecule has 1 heterocycles. The predicted octanol–water partition coefficient (Wildman–Crippen LogP) is 2.96. The van der Waals surface area contributed by atoms with Crippen LogP contribution in [-0.4, -0.2) is 17.8 Å². The minimum atomic E-state index is -0.963. The van der Waals surface area contributed by atoms with E-state index in [9.17, 15) is 13.9 Å². The number of aliphatic hydroxyl groups excluding tert-OH is 1. The van der Waals surface area contributed by atoms with Crippen LogP contribution in [0.5, 0.6) is 0 Å². The normalized spacial score (nSPS) is 21.7. The fourth-order valence-electron chi connectivity index (χ4n) is 2.15. The van der Waals surface area contributed by atoms with Crippen LogP contribution in [-0.2, 0) is 4.74 Å². The van der Waals surface area contributed by atoms with Crippen molar-refractivity contribution in [3.05, 3.63) is 35.4 Å². The van der Waals surface area contributed by atoms with Gasteiger partial charge in [-0.2, -0.15) is 0 Å². The van der Waals surface area contributed by atoms with Gasteiger partial charge >= 0.3 is 0 Å². The third kappa shape index (κ3) is 3.01. The molecular formula is C13H16F2O2. The number of hydrogen-bond donors (Lipinski definition) is 1. The summed E-state index contributed by atoms with van der Waals surface area (Å²) in [7, 11) is 0. The number of halogens is 2.